The summed E-state index contributed by atoms with van der Waals surface area (Å²) in [6, 6.07) is 12.0. The van der Waals surface area contributed by atoms with E-state index in [1.165, 1.54) is 12.8 Å². The first-order chi connectivity index (χ1) is 13.2. The molecule has 0 N–H and O–H groups in total. The number of carbonyl (C=O) groups excluding carboxylic acids is 1. The number of piperazine rings is 1. The Balaban J connectivity index is 1.39. The summed E-state index contributed by atoms with van der Waals surface area (Å²) in [7, 11) is 1.67. The van der Waals surface area contributed by atoms with Crippen LogP contribution in [0.5, 0.6) is 5.75 Å². The van der Waals surface area contributed by atoms with Crippen LogP contribution in [0.3, 0.4) is 0 Å². The molecular formula is C21H26N4O2. The maximum atomic E-state index is 12.9. The van der Waals surface area contributed by atoms with Gasteiger partial charge in [0.15, 0.2) is 0 Å². The molecule has 2 fully saturated rings. The summed E-state index contributed by atoms with van der Waals surface area (Å²) in [5.41, 5.74) is 2.83. The molecule has 0 saturated carbocycles. The van der Waals surface area contributed by atoms with Crippen LogP contribution in [0, 0.1) is 0 Å². The Morgan fingerprint density at radius 1 is 0.889 bits per heavy atom. The summed E-state index contributed by atoms with van der Waals surface area (Å²) < 4.78 is 5.22. The minimum Gasteiger partial charge on any atom is -0.497 e. The van der Waals surface area contributed by atoms with Gasteiger partial charge < -0.3 is 19.4 Å². The Bertz CT molecular complexity index is 779. The first kappa shape index (κ1) is 17.6. The molecule has 1 aromatic carbocycles. The van der Waals surface area contributed by atoms with Gasteiger partial charge in [-0.25, -0.2) is 0 Å². The first-order valence-electron chi connectivity index (χ1n) is 9.64. The number of benzene rings is 1. The van der Waals surface area contributed by atoms with Crippen molar-refractivity contribution in [1.82, 2.24) is 9.88 Å². The fourth-order valence-electron chi connectivity index (χ4n) is 3.83. The Labute approximate surface area is 160 Å². The summed E-state index contributed by atoms with van der Waals surface area (Å²) in [5, 5.41) is 0. The molecule has 0 radical (unpaired) electrons. The van der Waals surface area contributed by atoms with E-state index < -0.39 is 0 Å². The number of ether oxygens (including phenoxy) is 1. The van der Waals surface area contributed by atoms with Crippen molar-refractivity contribution in [2.45, 2.75) is 12.8 Å². The van der Waals surface area contributed by atoms with Gasteiger partial charge in [0, 0.05) is 56.8 Å². The largest absolute Gasteiger partial charge is 0.497 e. The molecule has 2 aromatic rings. The Morgan fingerprint density at radius 2 is 1.56 bits per heavy atom. The smallest absolute Gasteiger partial charge is 0.272 e. The average molecular weight is 366 g/mol. The lowest BCUT2D eigenvalue weighted by atomic mass is 10.2. The van der Waals surface area contributed by atoms with Gasteiger partial charge >= 0.3 is 0 Å². The second-order valence-electron chi connectivity index (χ2n) is 7.07. The van der Waals surface area contributed by atoms with Crippen LogP contribution in [0.4, 0.5) is 11.4 Å². The van der Waals surface area contributed by atoms with Gasteiger partial charge in [0.25, 0.3) is 5.91 Å². The second kappa shape index (κ2) is 7.86. The van der Waals surface area contributed by atoms with Crippen molar-refractivity contribution in [2.24, 2.45) is 0 Å². The molecule has 0 bridgehead atoms. The quantitative estimate of drug-likeness (QED) is 0.833. The molecule has 0 spiro atoms. The van der Waals surface area contributed by atoms with Crippen LogP contribution in [0.15, 0.2) is 42.6 Å². The van der Waals surface area contributed by atoms with Gasteiger partial charge in [0.05, 0.1) is 7.11 Å². The molecule has 27 heavy (non-hydrogen) atoms. The van der Waals surface area contributed by atoms with Crippen LogP contribution < -0.4 is 14.5 Å². The highest BCUT2D eigenvalue weighted by Crippen LogP contribution is 2.23. The molecule has 0 atom stereocenters. The highest BCUT2D eigenvalue weighted by molar-refractivity contribution is 5.93. The van der Waals surface area contributed by atoms with E-state index in [0.29, 0.717) is 18.8 Å². The Kier molecular flexibility index (Phi) is 5.14. The zero-order valence-corrected chi connectivity index (χ0v) is 15.8. The summed E-state index contributed by atoms with van der Waals surface area (Å²) in [5.74, 6) is 0.891. The highest BCUT2D eigenvalue weighted by atomic mass is 16.5. The molecule has 2 aliphatic rings. The number of amides is 1. The molecule has 6 heteroatoms. The number of methoxy groups -OCH3 is 1. The lowest BCUT2D eigenvalue weighted by Crippen LogP contribution is -2.49. The third-order valence-electron chi connectivity index (χ3n) is 5.44. The van der Waals surface area contributed by atoms with Crippen molar-refractivity contribution in [3.8, 4) is 5.75 Å². The van der Waals surface area contributed by atoms with Gasteiger partial charge in [0.2, 0.25) is 0 Å². The third-order valence-corrected chi connectivity index (χ3v) is 5.44. The average Bonchev–Trinajstić information content (AvgIpc) is 3.29. The summed E-state index contributed by atoms with van der Waals surface area (Å²) in [6.07, 6.45) is 4.20. The molecule has 0 unspecified atom stereocenters. The zero-order valence-electron chi connectivity index (χ0n) is 15.8. The van der Waals surface area contributed by atoms with Crippen LogP contribution in [0.2, 0.25) is 0 Å². The number of rotatable bonds is 4. The maximum absolute atomic E-state index is 12.9. The topological polar surface area (TPSA) is 48.9 Å². The van der Waals surface area contributed by atoms with Crippen LogP contribution in [0.25, 0.3) is 0 Å². The van der Waals surface area contributed by atoms with E-state index in [1.54, 1.807) is 13.3 Å². The van der Waals surface area contributed by atoms with E-state index in [1.807, 2.05) is 29.2 Å². The van der Waals surface area contributed by atoms with Gasteiger partial charge in [-0.1, -0.05) is 0 Å². The molecule has 2 saturated heterocycles. The molecule has 1 aromatic heterocycles. The maximum Gasteiger partial charge on any atom is 0.272 e. The van der Waals surface area contributed by atoms with E-state index in [4.69, 9.17) is 4.74 Å². The molecule has 4 rings (SSSR count). The van der Waals surface area contributed by atoms with E-state index in [9.17, 15) is 4.79 Å². The van der Waals surface area contributed by atoms with E-state index in [2.05, 4.69) is 26.9 Å². The number of anilines is 2. The van der Waals surface area contributed by atoms with Gasteiger partial charge in [-0.15, -0.1) is 0 Å². The number of carbonyl (C=O) groups is 1. The SMILES string of the molecule is COc1ccc(N2CCN(C(=O)c3cc(N4CCCC4)ccn3)CC2)cc1. The Morgan fingerprint density at radius 3 is 2.22 bits per heavy atom. The van der Waals surface area contributed by atoms with Gasteiger partial charge in [-0.05, 0) is 49.2 Å². The van der Waals surface area contributed by atoms with Crippen LogP contribution in [-0.2, 0) is 0 Å². The van der Waals surface area contributed by atoms with Gasteiger partial charge in [-0.3, -0.25) is 9.78 Å². The third kappa shape index (κ3) is 3.84. The lowest BCUT2D eigenvalue weighted by Gasteiger charge is -2.36. The van der Waals surface area contributed by atoms with Crippen LogP contribution >= 0.6 is 0 Å². The van der Waals surface area contributed by atoms with Crippen molar-refractivity contribution in [1.29, 1.82) is 0 Å². The monoisotopic (exact) mass is 366 g/mol. The predicted molar refractivity (Wildman–Crippen MR) is 107 cm³/mol. The lowest BCUT2D eigenvalue weighted by molar-refractivity contribution is 0.0741. The van der Waals surface area contributed by atoms with Crippen LogP contribution in [0.1, 0.15) is 23.3 Å². The summed E-state index contributed by atoms with van der Waals surface area (Å²) in [6.45, 7) is 5.20. The van der Waals surface area contributed by atoms with Crippen molar-refractivity contribution < 1.29 is 9.53 Å². The molecule has 3 heterocycles. The number of pyridine rings is 1. The predicted octanol–water partition coefficient (Wildman–Crippen LogP) is 2.65. The molecule has 6 nitrogen and oxygen atoms in total. The minimum absolute atomic E-state index is 0.0328. The van der Waals surface area contributed by atoms with Gasteiger partial charge in [-0.2, -0.15) is 0 Å². The highest BCUT2D eigenvalue weighted by Gasteiger charge is 2.24. The Hall–Kier alpha value is -2.76. The summed E-state index contributed by atoms with van der Waals surface area (Å²) >= 11 is 0. The normalized spacial score (nSPS) is 17.3. The standard InChI is InChI=1S/C21H26N4O2/c1-27-19-6-4-17(5-7-19)24-12-14-25(15-13-24)21(26)20-16-18(8-9-22-20)23-10-2-3-11-23/h4-9,16H,2-3,10-15H2,1H3. The van der Waals surface area contributed by atoms with Crippen molar-refractivity contribution in [3.05, 3.63) is 48.3 Å². The van der Waals surface area contributed by atoms with Crippen LogP contribution in [-0.4, -0.2) is 62.2 Å². The summed E-state index contributed by atoms with van der Waals surface area (Å²) in [4.78, 5) is 23.8. The number of hydrogen-bond acceptors (Lipinski definition) is 5. The molecule has 1 amide bonds. The zero-order chi connectivity index (χ0) is 18.6. The second-order valence-corrected chi connectivity index (χ2v) is 7.07. The van der Waals surface area contributed by atoms with E-state index >= 15 is 0 Å². The molecule has 0 aliphatic carbocycles. The fourth-order valence-corrected chi connectivity index (χ4v) is 3.83. The number of aromatic nitrogens is 1. The fraction of sp³-hybridized carbons (Fsp3) is 0.429. The number of nitrogens with zero attached hydrogens (tertiary/aromatic N) is 4. The minimum atomic E-state index is 0.0328. The number of hydrogen-bond donors (Lipinski definition) is 0. The van der Waals surface area contributed by atoms with Gasteiger partial charge in [0.1, 0.15) is 11.4 Å². The van der Waals surface area contributed by atoms with Crippen molar-refractivity contribution in [2.75, 3.05) is 56.2 Å². The van der Waals surface area contributed by atoms with E-state index in [0.717, 1.165) is 43.3 Å². The van der Waals surface area contributed by atoms with Crippen molar-refractivity contribution in [3.63, 3.8) is 0 Å². The van der Waals surface area contributed by atoms with E-state index in [-0.39, 0.29) is 5.91 Å². The molecular weight excluding hydrogens is 340 g/mol. The van der Waals surface area contributed by atoms with Crippen molar-refractivity contribution >= 4 is 17.3 Å². The molecule has 2 aliphatic heterocycles. The first-order valence-corrected chi connectivity index (χ1v) is 9.64. The molecule has 142 valence electrons.